The predicted molar refractivity (Wildman–Crippen MR) is 343 cm³/mol. The molecule has 0 unspecified atom stereocenters. The van der Waals surface area contributed by atoms with Crippen molar-refractivity contribution in [1.82, 2.24) is 0 Å². The minimum Gasteiger partial charge on any atom is -0.435 e. The molecule has 0 bridgehead atoms. The minimum absolute atomic E-state index is 0.00696. The van der Waals surface area contributed by atoms with E-state index in [1.54, 1.807) is 11.8 Å². The van der Waals surface area contributed by atoms with Crippen molar-refractivity contribution >= 4 is 39.1 Å². The summed E-state index contributed by atoms with van der Waals surface area (Å²) < 4.78 is 30.9. The van der Waals surface area contributed by atoms with Gasteiger partial charge in [0.1, 0.15) is 23.0 Å². The Morgan fingerprint density at radius 3 is 0.722 bits per heavy atom. The molecule has 424 valence electrons. The van der Waals surface area contributed by atoms with Crippen LogP contribution >= 0.6 is 28.5 Å². The van der Waals surface area contributed by atoms with E-state index in [-0.39, 0.29) is 55.2 Å². The quantitative estimate of drug-likeness (QED) is 0.164. The molecule has 6 aromatic rings. The maximum atomic E-state index is 7.73. The molecule has 79 heavy (non-hydrogen) atoms. The highest BCUT2D eigenvalue weighted by molar-refractivity contribution is 8.00. The molecule has 0 N–H and O–H groups in total. The van der Waals surface area contributed by atoms with Crippen LogP contribution in [0, 0.1) is 0 Å². The summed E-state index contributed by atoms with van der Waals surface area (Å²) in [5.41, 5.74) is 13.7. The zero-order chi connectivity index (χ0) is 58.7. The maximum Gasteiger partial charge on any atom is 0.327 e. The maximum absolute atomic E-state index is 7.73. The van der Waals surface area contributed by atoms with E-state index in [0.29, 0.717) is 0 Å². The third-order valence-electron chi connectivity index (χ3n) is 16.1. The van der Waals surface area contributed by atoms with Crippen LogP contribution in [0.1, 0.15) is 259 Å². The summed E-state index contributed by atoms with van der Waals surface area (Å²) >= 11 is 1.75. The van der Waals surface area contributed by atoms with Crippen molar-refractivity contribution in [3.63, 3.8) is 0 Å². The molecular formula is C72H96O4P2S. The molecule has 6 aromatic carbocycles. The summed E-state index contributed by atoms with van der Waals surface area (Å²) in [5.74, 6) is 3.72. The van der Waals surface area contributed by atoms with Crippen LogP contribution in [-0.2, 0) is 43.3 Å². The van der Waals surface area contributed by atoms with Crippen molar-refractivity contribution in [2.45, 2.75) is 245 Å². The van der Waals surface area contributed by atoms with Crippen molar-refractivity contribution in [1.29, 1.82) is 0 Å². The summed E-state index contributed by atoms with van der Waals surface area (Å²) in [6, 6.07) is 36.9. The molecule has 0 aromatic heterocycles. The van der Waals surface area contributed by atoms with Crippen LogP contribution < -0.4 is 28.7 Å². The Labute approximate surface area is 486 Å². The average molecular weight is 1120 g/mol. The summed E-state index contributed by atoms with van der Waals surface area (Å²) in [6.07, 6.45) is 0. The average Bonchev–Trinajstić information content (AvgIpc) is 3.52. The van der Waals surface area contributed by atoms with Crippen LogP contribution in [0.4, 0.5) is 0 Å². The van der Waals surface area contributed by atoms with E-state index in [0.717, 1.165) is 43.4 Å². The monoisotopic (exact) mass is 1120 g/mol. The lowest BCUT2D eigenvalue weighted by atomic mass is 9.74. The molecule has 0 saturated heterocycles. The van der Waals surface area contributed by atoms with E-state index >= 15 is 0 Å². The summed E-state index contributed by atoms with van der Waals surface area (Å²) in [7, 11) is -3.53. The summed E-state index contributed by atoms with van der Waals surface area (Å²) in [4.78, 5) is 2.13. The molecule has 0 aliphatic carbocycles. The normalized spacial score (nSPS) is 18.5. The second-order valence-electron chi connectivity index (χ2n) is 31.1. The Balaban J connectivity index is 1.37. The number of hydrogen-bond acceptors (Lipinski definition) is 5. The van der Waals surface area contributed by atoms with Crippen LogP contribution in [0.2, 0.25) is 0 Å². The molecule has 7 heteroatoms. The Morgan fingerprint density at radius 2 is 0.519 bits per heavy atom. The van der Waals surface area contributed by atoms with Gasteiger partial charge < -0.3 is 18.1 Å². The molecule has 0 spiro atoms. The minimum atomic E-state index is -1.77. The lowest BCUT2D eigenvalue weighted by Crippen LogP contribution is -2.25. The largest absolute Gasteiger partial charge is 0.435 e. The van der Waals surface area contributed by atoms with Crippen LogP contribution in [-0.4, -0.2) is 0 Å². The second-order valence-corrected chi connectivity index (χ2v) is 34.9. The van der Waals surface area contributed by atoms with Crippen molar-refractivity contribution in [2.24, 2.45) is 0 Å². The molecule has 2 heterocycles. The zero-order valence-electron chi connectivity index (χ0n) is 53.3. The third-order valence-corrected chi connectivity index (χ3v) is 20.5. The molecule has 2 aliphatic rings. The van der Waals surface area contributed by atoms with E-state index < -0.39 is 16.8 Å². The van der Waals surface area contributed by atoms with E-state index in [1.807, 2.05) is 0 Å². The van der Waals surface area contributed by atoms with Crippen molar-refractivity contribution in [3.05, 3.63) is 164 Å². The van der Waals surface area contributed by atoms with Gasteiger partial charge in [-0.25, -0.2) is 0 Å². The van der Waals surface area contributed by atoms with E-state index in [2.05, 4.69) is 277 Å². The number of hydrogen-bond donors (Lipinski definition) is 0. The van der Waals surface area contributed by atoms with Crippen molar-refractivity contribution in [2.75, 3.05) is 0 Å². The van der Waals surface area contributed by atoms with Crippen molar-refractivity contribution in [3.8, 4) is 23.0 Å². The Kier molecular flexibility index (Phi) is 16.1. The molecule has 0 fully saturated rings. The van der Waals surface area contributed by atoms with Crippen LogP contribution in [0.25, 0.3) is 0 Å². The van der Waals surface area contributed by atoms with Gasteiger partial charge in [-0.3, -0.25) is 0 Å². The Hall–Kier alpha value is -4.27. The third kappa shape index (κ3) is 12.6. The lowest BCUT2D eigenvalue weighted by Gasteiger charge is -2.37. The number of rotatable bonds is 4. The molecule has 4 nitrogen and oxygen atoms in total. The SMILES string of the molecule is CC1c2cc(C(C)(C)C)cc(C(C)(C)C)c2OP(c2ccccc2Sc2ccccc2P2Oc3c(cc(C(C)(C)C)cc3C(C)(C)C)C(C)c3cc(C(C)(C)C)cc(C(C)(C)C)c3O2)Oc2c1cc(C(C)(C)C)cc2C(C)(C)C. The highest BCUT2D eigenvalue weighted by Crippen LogP contribution is 2.59. The molecule has 8 rings (SSSR count). The van der Waals surface area contributed by atoms with Gasteiger partial charge >= 0.3 is 16.8 Å². The van der Waals surface area contributed by atoms with Gasteiger partial charge in [0.2, 0.25) is 0 Å². The standard InChI is InChI=1S/C72H96O4P2S/c1-43-49-35-45(65(3,4)5)39-53(69(15,16)17)61(49)73-77(74-62-50(43)36-46(66(6,7)8)40-54(62)70(18,19)20)57-31-27-29-33-59(57)79-60-34-30-28-32-58(60)78-75-63-51(37-47(67(9,10)11)41-55(63)71(21,22)23)44(2)52-38-48(68(12,13)14)42-56(64(52)76-78)72(24,25)26/h27-44H,1-26H3. The van der Waals surface area contributed by atoms with Crippen LogP contribution in [0.5, 0.6) is 23.0 Å². The van der Waals surface area contributed by atoms with Crippen LogP contribution in [0.15, 0.2) is 107 Å². The first-order valence-electron chi connectivity index (χ1n) is 29.0. The van der Waals surface area contributed by atoms with Crippen LogP contribution in [0.3, 0.4) is 0 Å². The molecule has 0 saturated carbocycles. The van der Waals surface area contributed by atoms with Gasteiger partial charge in [-0.2, -0.15) is 0 Å². The molecule has 2 aliphatic heterocycles. The Morgan fingerprint density at radius 1 is 0.304 bits per heavy atom. The molecular weight excluding hydrogens is 1020 g/mol. The number of benzene rings is 6. The van der Waals surface area contributed by atoms with Gasteiger partial charge in [-0.05, 0) is 89.8 Å². The van der Waals surface area contributed by atoms with Crippen molar-refractivity contribution < 1.29 is 18.1 Å². The van der Waals surface area contributed by atoms with Gasteiger partial charge in [0.25, 0.3) is 0 Å². The Bertz CT molecular complexity index is 2880. The smallest absolute Gasteiger partial charge is 0.327 e. The fraction of sp³-hybridized carbons (Fsp3) is 0.500. The summed E-state index contributed by atoms with van der Waals surface area (Å²) in [6.45, 7) is 60.4. The molecule has 0 atom stereocenters. The highest BCUT2D eigenvalue weighted by Gasteiger charge is 2.41. The van der Waals surface area contributed by atoms with Gasteiger partial charge in [0.05, 0.1) is 10.6 Å². The van der Waals surface area contributed by atoms with E-state index in [4.69, 9.17) is 18.1 Å². The highest BCUT2D eigenvalue weighted by atomic mass is 32.2. The molecule has 0 radical (unpaired) electrons. The first-order valence-corrected chi connectivity index (χ1v) is 32.2. The van der Waals surface area contributed by atoms with E-state index in [9.17, 15) is 0 Å². The topological polar surface area (TPSA) is 36.9 Å². The fourth-order valence-electron chi connectivity index (χ4n) is 10.7. The first-order chi connectivity index (χ1) is 36.0. The predicted octanol–water partition coefficient (Wildman–Crippen LogP) is 21.3. The van der Waals surface area contributed by atoms with E-state index in [1.165, 1.54) is 66.8 Å². The lowest BCUT2D eigenvalue weighted by molar-refractivity contribution is 0.447. The molecule has 0 amide bonds. The van der Waals surface area contributed by atoms with Gasteiger partial charge in [-0.1, -0.05) is 265 Å². The van der Waals surface area contributed by atoms with Gasteiger partial charge in [-0.15, -0.1) is 0 Å². The second kappa shape index (κ2) is 20.9. The first kappa shape index (κ1) is 60.8. The number of fused-ring (bicyclic) bond motifs is 4. The van der Waals surface area contributed by atoms with Gasteiger partial charge in [0, 0.05) is 66.1 Å². The van der Waals surface area contributed by atoms with Gasteiger partial charge in [0.15, 0.2) is 0 Å². The zero-order valence-corrected chi connectivity index (χ0v) is 55.9. The fourth-order valence-corrected chi connectivity index (χ4v) is 15.1. The summed E-state index contributed by atoms with van der Waals surface area (Å²) in [5, 5.41) is 2.05.